The van der Waals surface area contributed by atoms with Crippen LogP contribution in [0.3, 0.4) is 0 Å². The van der Waals surface area contributed by atoms with Gasteiger partial charge in [-0.25, -0.2) is 4.79 Å². The second-order valence-electron chi connectivity index (χ2n) is 7.68. The Morgan fingerprint density at radius 2 is 2.04 bits per heavy atom. The number of nitrogens with zero attached hydrogens (tertiary/aromatic N) is 1. The predicted octanol–water partition coefficient (Wildman–Crippen LogP) is 3.40. The maximum atomic E-state index is 12.7. The highest BCUT2D eigenvalue weighted by atomic mass is 16.6. The van der Waals surface area contributed by atoms with E-state index >= 15 is 0 Å². The van der Waals surface area contributed by atoms with Crippen LogP contribution < -0.4 is 5.32 Å². The highest BCUT2D eigenvalue weighted by Crippen LogP contribution is 2.31. The minimum Gasteiger partial charge on any atom is -0.444 e. The van der Waals surface area contributed by atoms with Gasteiger partial charge in [-0.2, -0.15) is 0 Å². The van der Waals surface area contributed by atoms with E-state index in [-0.39, 0.29) is 5.91 Å². The molecule has 1 aliphatic rings. The van der Waals surface area contributed by atoms with Gasteiger partial charge in [-0.1, -0.05) is 29.8 Å². The van der Waals surface area contributed by atoms with Crippen molar-refractivity contribution in [1.29, 1.82) is 0 Å². The molecule has 0 aliphatic carbocycles. The van der Waals surface area contributed by atoms with Crippen LogP contribution in [-0.2, 0) is 16.1 Å². The molecule has 1 atom stereocenters. The van der Waals surface area contributed by atoms with Gasteiger partial charge < -0.3 is 10.1 Å². The van der Waals surface area contributed by atoms with E-state index < -0.39 is 17.2 Å². The maximum absolute atomic E-state index is 12.7. The molecule has 1 saturated heterocycles. The van der Waals surface area contributed by atoms with Gasteiger partial charge in [0.25, 0.3) is 0 Å². The lowest BCUT2D eigenvalue weighted by atomic mass is 9.97. The van der Waals surface area contributed by atoms with Crippen LogP contribution in [0.2, 0.25) is 0 Å². The Kier molecular flexibility index (Phi) is 5.21. The standard InChI is InChI=1S/C19H28N2O3/c1-14-8-6-9-15(12-14)13-20-16(22)19(5)10-7-11-21(19)17(23)24-18(2,3)4/h6,8-9,12H,7,10-11,13H2,1-5H3,(H,20,22)/t19-/m0/s1. The van der Waals surface area contributed by atoms with E-state index in [4.69, 9.17) is 4.74 Å². The van der Waals surface area contributed by atoms with Crippen molar-refractivity contribution in [1.82, 2.24) is 10.2 Å². The summed E-state index contributed by atoms with van der Waals surface area (Å²) in [6.45, 7) is 10.3. The summed E-state index contributed by atoms with van der Waals surface area (Å²) in [5, 5.41) is 2.97. The van der Waals surface area contributed by atoms with Gasteiger partial charge in [0.15, 0.2) is 0 Å². The predicted molar refractivity (Wildman–Crippen MR) is 93.6 cm³/mol. The van der Waals surface area contributed by atoms with Crippen molar-refractivity contribution in [2.75, 3.05) is 6.54 Å². The van der Waals surface area contributed by atoms with E-state index in [1.807, 2.05) is 58.9 Å². The molecule has 5 nitrogen and oxygen atoms in total. The van der Waals surface area contributed by atoms with Crippen molar-refractivity contribution in [3.63, 3.8) is 0 Å². The van der Waals surface area contributed by atoms with Crippen LogP contribution in [0.25, 0.3) is 0 Å². The monoisotopic (exact) mass is 332 g/mol. The largest absolute Gasteiger partial charge is 0.444 e. The summed E-state index contributed by atoms with van der Waals surface area (Å²) in [4.78, 5) is 26.7. The number of amides is 2. The third kappa shape index (κ3) is 4.28. The molecule has 1 N–H and O–H groups in total. The van der Waals surface area contributed by atoms with Crippen LogP contribution >= 0.6 is 0 Å². The number of hydrogen-bond acceptors (Lipinski definition) is 3. The minimum atomic E-state index is -0.855. The lowest BCUT2D eigenvalue weighted by Gasteiger charge is -2.35. The fourth-order valence-corrected chi connectivity index (χ4v) is 3.00. The zero-order valence-corrected chi connectivity index (χ0v) is 15.3. The Hall–Kier alpha value is -2.04. The third-order valence-electron chi connectivity index (χ3n) is 4.28. The summed E-state index contributed by atoms with van der Waals surface area (Å²) in [7, 11) is 0. The van der Waals surface area contributed by atoms with Crippen LogP contribution in [0.5, 0.6) is 0 Å². The Labute approximate surface area is 144 Å². The SMILES string of the molecule is Cc1cccc(CNC(=O)[C@]2(C)CCCN2C(=O)OC(C)(C)C)c1. The Morgan fingerprint density at radius 1 is 1.33 bits per heavy atom. The first-order valence-electron chi connectivity index (χ1n) is 8.46. The van der Waals surface area contributed by atoms with Crippen molar-refractivity contribution < 1.29 is 14.3 Å². The van der Waals surface area contributed by atoms with E-state index in [0.29, 0.717) is 19.5 Å². The molecule has 0 bridgehead atoms. The lowest BCUT2D eigenvalue weighted by Crippen LogP contribution is -2.56. The van der Waals surface area contributed by atoms with Crippen molar-refractivity contribution >= 4 is 12.0 Å². The summed E-state index contributed by atoms with van der Waals surface area (Å²) in [6, 6.07) is 8.02. The van der Waals surface area contributed by atoms with Crippen LogP contribution in [0.4, 0.5) is 4.79 Å². The summed E-state index contributed by atoms with van der Waals surface area (Å²) in [5.41, 5.74) is 0.781. The summed E-state index contributed by atoms with van der Waals surface area (Å²) >= 11 is 0. The minimum absolute atomic E-state index is 0.132. The van der Waals surface area contributed by atoms with Gasteiger partial charge in [0, 0.05) is 13.1 Å². The van der Waals surface area contributed by atoms with Crippen LogP contribution in [0, 0.1) is 6.92 Å². The first-order chi connectivity index (χ1) is 11.1. The summed E-state index contributed by atoms with van der Waals surface area (Å²) < 4.78 is 5.45. The molecule has 1 aromatic carbocycles. The summed E-state index contributed by atoms with van der Waals surface area (Å²) in [5.74, 6) is -0.132. The molecule has 1 aromatic rings. The highest BCUT2D eigenvalue weighted by Gasteiger charge is 2.47. The Bertz CT molecular complexity index is 621. The number of rotatable bonds is 3. The second kappa shape index (κ2) is 6.83. The number of hydrogen-bond donors (Lipinski definition) is 1. The molecule has 2 rings (SSSR count). The van der Waals surface area contributed by atoms with E-state index in [1.54, 1.807) is 4.90 Å². The number of carbonyl (C=O) groups is 2. The zero-order valence-electron chi connectivity index (χ0n) is 15.3. The number of ether oxygens (including phenoxy) is 1. The van der Waals surface area contributed by atoms with Crippen LogP contribution in [0.15, 0.2) is 24.3 Å². The molecule has 0 radical (unpaired) electrons. The molecule has 1 heterocycles. The van der Waals surface area contributed by atoms with Crippen molar-refractivity contribution in [3.8, 4) is 0 Å². The molecule has 2 amide bonds. The van der Waals surface area contributed by atoms with E-state index in [2.05, 4.69) is 5.32 Å². The molecule has 1 fully saturated rings. The number of carbonyl (C=O) groups excluding carboxylic acids is 2. The normalized spacial score (nSPS) is 20.8. The topological polar surface area (TPSA) is 58.6 Å². The first-order valence-corrected chi connectivity index (χ1v) is 8.46. The summed E-state index contributed by atoms with van der Waals surface area (Å²) in [6.07, 6.45) is 1.02. The zero-order chi connectivity index (χ0) is 18.0. The van der Waals surface area contributed by atoms with E-state index in [1.165, 1.54) is 0 Å². The number of benzene rings is 1. The van der Waals surface area contributed by atoms with Gasteiger partial charge in [0.05, 0.1) is 0 Å². The molecule has 0 saturated carbocycles. The van der Waals surface area contributed by atoms with Gasteiger partial charge in [-0.3, -0.25) is 9.69 Å². The number of aryl methyl sites for hydroxylation is 1. The molecular weight excluding hydrogens is 304 g/mol. The quantitative estimate of drug-likeness (QED) is 0.923. The average Bonchev–Trinajstić information content (AvgIpc) is 2.86. The highest BCUT2D eigenvalue weighted by molar-refractivity contribution is 5.90. The van der Waals surface area contributed by atoms with Crippen LogP contribution in [0.1, 0.15) is 51.7 Å². The van der Waals surface area contributed by atoms with Gasteiger partial charge in [-0.15, -0.1) is 0 Å². The molecule has 0 aromatic heterocycles. The second-order valence-corrected chi connectivity index (χ2v) is 7.68. The van der Waals surface area contributed by atoms with E-state index in [0.717, 1.165) is 17.5 Å². The third-order valence-corrected chi connectivity index (χ3v) is 4.28. The van der Waals surface area contributed by atoms with E-state index in [9.17, 15) is 9.59 Å². The van der Waals surface area contributed by atoms with Gasteiger partial charge in [0.2, 0.25) is 5.91 Å². The first kappa shape index (κ1) is 18.3. The van der Waals surface area contributed by atoms with Crippen molar-refractivity contribution in [2.45, 2.75) is 65.1 Å². The number of nitrogens with one attached hydrogen (secondary N) is 1. The van der Waals surface area contributed by atoms with Crippen molar-refractivity contribution in [3.05, 3.63) is 35.4 Å². The van der Waals surface area contributed by atoms with Crippen LogP contribution in [-0.4, -0.2) is 34.6 Å². The molecule has 132 valence electrons. The average molecular weight is 332 g/mol. The van der Waals surface area contributed by atoms with Gasteiger partial charge >= 0.3 is 6.09 Å². The lowest BCUT2D eigenvalue weighted by molar-refractivity contribution is -0.131. The molecule has 1 aliphatic heterocycles. The smallest absolute Gasteiger partial charge is 0.411 e. The molecule has 24 heavy (non-hydrogen) atoms. The molecule has 5 heteroatoms. The molecular formula is C19H28N2O3. The molecule has 0 unspecified atom stereocenters. The fraction of sp³-hybridized carbons (Fsp3) is 0.579. The van der Waals surface area contributed by atoms with Crippen molar-refractivity contribution in [2.24, 2.45) is 0 Å². The fourth-order valence-electron chi connectivity index (χ4n) is 3.00. The van der Waals surface area contributed by atoms with Gasteiger partial charge in [-0.05, 0) is 53.0 Å². The molecule has 0 spiro atoms. The van der Waals surface area contributed by atoms with Gasteiger partial charge in [0.1, 0.15) is 11.1 Å². The number of likely N-dealkylation sites (tertiary alicyclic amines) is 1. The maximum Gasteiger partial charge on any atom is 0.411 e. The Morgan fingerprint density at radius 3 is 2.67 bits per heavy atom. The Balaban J connectivity index is 2.04.